The number of rotatable bonds is 5. The van der Waals surface area contributed by atoms with Crippen molar-refractivity contribution in [1.29, 1.82) is 0 Å². The van der Waals surface area contributed by atoms with Gasteiger partial charge >= 0.3 is 0 Å². The molecular weight excluding hydrogens is 288 g/mol. The smallest absolute Gasteiger partial charge is 0.238 e. The third kappa shape index (κ3) is 3.74. The van der Waals surface area contributed by atoms with Gasteiger partial charge in [-0.05, 0) is 23.6 Å². The van der Waals surface area contributed by atoms with Crippen LogP contribution in [0.3, 0.4) is 0 Å². The Morgan fingerprint density at radius 3 is 2.86 bits per heavy atom. The van der Waals surface area contributed by atoms with Crippen LogP contribution >= 0.6 is 11.3 Å². The second kappa shape index (κ2) is 6.60. The first-order valence-corrected chi connectivity index (χ1v) is 7.62. The summed E-state index contributed by atoms with van der Waals surface area (Å²) in [5, 5.41) is 7.97. The normalized spacial score (nSPS) is 13.0. The van der Waals surface area contributed by atoms with Crippen molar-refractivity contribution in [2.24, 2.45) is 0 Å². The summed E-state index contributed by atoms with van der Waals surface area (Å²) in [5.41, 5.74) is 0.710. The molecule has 3 rings (SSSR count). The number of ether oxygens (including phenoxy) is 2. The Kier molecular flexibility index (Phi) is 4.37. The van der Waals surface area contributed by atoms with E-state index in [1.165, 1.54) is 4.88 Å². The van der Waals surface area contributed by atoms with E-state index in [9.17, 15) is 4.79 Å². The number of hydrogen-bond donors (Lipinski definition) is 2. The Hall–Kier alpha value is -2.05. The van der Waals surface area contributed by atoms with Crippen molar-refractivity contribution in [3.05, 3.63) is 40.6 Å². The molecule has 0 atom stereocenters. The molecule has 110 valence electrons. The number of amides is 1. The predicted octanol–water partition coefficient (Wildman–Crippen LogP) is 2.25. The quantitative estimate of drug-likeness (QED) is 0.889. The van der Waals surface area contributed by atoms with Crippen LogP contribution in [0.15, 0.2) is 35.7 Å². The number of thiophene rings is 1. The number of anilines is 1. The van der Waals surface area contributed by atoms with Crippen molar-refractivity contribution in [3.63, 3.8) is 0 Å². The number of hydrogen-bond acceptors (Lipinski definition) is 5. The average Bonchev–Trinajstić information content (AvgIpc) is 3.00. The summed E-state index contributed by atoms with van der Waals surface area (Å²) in [4.78, 5) is 13.1. The summed E-state index contributed by atoms with van der Waals surface area (Å²) in [6, 6.07) is 9.44. The lowest BCUT2D eigenvalue weighted by molar-refractivity contribution is -0.115. The Labute approximate surface area is 126 Å². The van der Waals surface area contributed by atoms with E-state index in [1.807, 2.05) is 29.6 Å². The van der Waals surface area contributed by atoms with Crippen LogP contribution in [0.1, 0.15) is 4.88 Å². The molecule has 0 saturated carbocycles. The van der Waals surface area contributed by atoms with Gasteiger partial charge in [0.25, 0.3) is 0 Å². The zero-order valence-electron chi connectivity index (χ0n) is 11.4. The highest BCUT2D eigenvalue weighted by atomic mass is 32.1. The molecule has 1 aromatic carbocycles. The number of carbonyl (C=O) groups excluding carboxylic acids is 1. The maximum atomic E-state index is 11.9. The molecule has 1 aliphatic heterocycles. The standard InChI is InChI=1S/C15H16N2O3S/c18-15(10-16-9-12-2-1-7-21-12)17-11-3-4-13-14(8-11)20-6-5-19-13/h1-4,7-8,16H,5-6,9-10H2,(H,17,18). The van der Waals surface area contributed by atoms with Crippen LogP contribution in [0, 0.1) is 0 Å². The van der Waals surface area contributed by atoms with E-state index < -0.39 is 0 Å². The predicted molar refractivity (Wildman–Crippen MR) is 82.1 cm³/mol. The van der Waals surface area contributed by atoms with Gasteiger partial charge in [-0.25, -0.2) is 0 Å². The maximum absolute atomic E-state index is 11.9. The summed E-state index contributed by atoms with van der Waals surface area (Å²) in [7, 11) is 0. The van der Waals surface area contributed by atoms with Crippen molar-refractivity contribution in [2.45, 2.75) is 6.54 Å². The second-order valence-corrected chi connectivity index (χ2v) is 5.62. The van der Waals surface area contributed by atoms with E-state index in [0.29, 0.717) is 31.2 Å². The lowest BCUT2D eigenvalue weighted by Gasteiger charge is -2.19. The topological polar surface area (TPSA) is 59.6 Å². The minimum atomic E-state index is -0.0803. The Morgan fingerprint density at radius 2 is 2.05 bits per heavy atom. The molecule has 0 radical (unpaired) electrons. The first-order chi connectivity index (χ1) is 10.3. The van der Waals surface area contributed by atoms with Gasteiger partial charge in [0.05, 0.1) is 6.54 Å². The van der Waals surface area contributed by atoms with Crippen LogP contribution in [0.2, 0.25) is 0 Å². The molecule has 21 heavy (non-hydrogen) atoms. The van der Waals surface area contributed by atoms with Gasteiger partial charge in [-0.1, -0.05) is 6.07 Å². The molecule has 1 amide bonds. The first-order valence-electron chi connectivity index (χ1n) is 6.74. The molecular formula is C15H16N2O3S. The lowest BCUT2D eigenvalue weighted by atomic mass is 10.2. The van der Waals surface area contributed by atoms with Crippen molar-refractivity contribution < 1.29 is 14.3 Å². The van der Waals surface area contributed by atoms with Gasteiger partial charge in [-0.2, -0.15) is 0 Å². The van der Waals surface area contributed by atoms with E-state index >= 15 is 0 Å². The van der Waals surface area contributed by atoms with Crippen molar-refractivity contribution in [3.8, 4) is 11.5 Å². The SMILES string of the molecule is O=C(CNCc1cccs1)Nc1ccc2c(c1)OCCO2. The van der Waals surface area contributed by atoms with Crippen LogP contribution < -0.4 is 20.1 Å². The molecule has 0 bridgehead atoms. The van der Waals surface area contributed by atoms with Gasteiger partial charge in [0, 0.05) is 23.2 Å². The Morgan fingerprint density at radius 1 is 1.19 bits per heavy atom. The van der Waals surface area contributed by atoms with Gasteiger partial charge in [-0.15, -0.1) is 11.3 Å². The summed E-state index contributed by atoms with van der Waals surface area (Å²) >= 11 is 1.67. The number of fused-ring (bicyclic) bond motifs is 1. The molecule has 2 N–H and O–H groups in total. The van der Waals surface area contributed by atoms with E-state index in [-0.39, 0.29) is 12.5 Å². The zero-order valence-corrected chi connectivity index (χ0v) is 12.2. The monoisotopic (exact) mass is 304 g/mol. The van der Waals surface area contributed by atoms with Crippen LogP contribution in [0.25, 0.3) is 0 Å². The van der Waals surface area contributed by atoms with Gasteiger partial charge < -0.3 is 20.1 Å². The van der Waals surface area contributed by atoms with E-state index in [2.05, 4.69) is 10.6 Å². The van der Waals surface area contributed by atoms with Crippen molar-refractivity contribution in [2.75, 3.05) is 25.1 Å². The number of nitrogens with one attached hydrogen (secondary N) is 2. The van der Waals surface area contributed by atoms with Gasteiger partial charge in [0.2, 0.25) is 5.91 Å². The Balaban J connectivity index is 1.50. The van der Waals surface area contributed by atoms with E-state index in [0.717, 1.165) is 5.75 Å². The zero-order chi connectivity index (χ0) is 14.5. The molecule has 0 spiro atoms. The average molecular weight is 304 g/mol. The number of carbonyl (C=O) groups is 1. The molecule has 0 fully saturated rings. The maximum Gasteiger partial charge on any atom is 0.238 e. The Bertz CT molecular complexity index is 613. The van der Waals surface area contributed by atoms with Crippen LogP contribution in [-0.4, -0.2) is 25.7 Å². The van der Waals surface area contributed by atoms with Gasteiger partial charge in [0.15, 0.2) is 11.5 Å². The molecule has 1 aromatic heterocycles. The summed E-state index contributed by atoms with van der Waals surface area (Å²) < 4.78 is 10.9. The highest BCUT2D eigenvalue weighted by Gasteiger charge is 2.12. The third-order valence-electron chi connectivity index (χ3n) is 2.99. The minimum Gasteiger partial charge on any atom is -0.486 e. The summed E-state index contributed by atoms with van der Waals surface area (Å²) in [6.45, 7) is 2.07. The molecule has 5 nitrogen and oxygen atoms in total. The van der Waals surface area contributed by atoms with Crippen molar-refractivity contribution >= 4 is 22.9 Å². The lowest BCUT2D eigenvalue weighted by Crippen LogP contribution is -2.27. The largest absolute Gasteiger partial charge is 0.486 e. The van der Waals surface area contributed by atoms with Crippen molar-refractivity contribution in [1.82, 2.24) is 5.32 Å². The minimum absolute atomic E-state index is 0.0803. The van der Waals surface area contributed by atoms with Crippen LogP contribution in [0.4, 0.5) is 5.69 Å². The molecule has 2 aromatic rings. The molecule has 0 saturated heterocycles. The second-order valence-electron chi connectivity index (χ2n) is 4.59. The highest BCUT2D eigenvalue weighted by molar-refractivity contribution is 7.09. The molecule has 6 heteroatoms. The van der Waals surface area contributed by atoms with Gasteiger partial charge in [-0.3, -0.25) is 4.79 Å². The highest BCUT2D eigenvalue weighted by Crippen LogP contribution is 2.32. The first kappa shape index (κ1) is 13.9. The fraction of sp³-hybridized carbons (Fsp3) is 0.267. The molecule has 0 unspecified atom stereocenters. The fourth-order valence-electron chi connectivity index (χ4n) is 2.04. The molecule has 0 aliphatic carbocycles. The summed E-state index contributed by atoms with van der Waals surface area (Å²) in [6.07, 6.45) is 0. The molecule has 1 aliphatic rings. The third-order valence-corrected chi connectivity index (χ3v) is 3.87. The number of benzene rings is 1. The van der Waals surface area contributed by atoms with Crippen LogP contribution in [0.5, 0.6) is 11.5 Å². The van der Waals surface area contributed by atoms with Crippen LogP contribution in [-0.2, 0) is 11.3 Å². The van der Waals surface area contributed by atoms with E-state index in [4.69, 9.17) is 9.47 Å². The molecule has 2 heterocycles. The fourth-order valence-corrected chi connectivity index (χ4v) is 2.71. The van der Waals surface area contributed by atoms with Gasteiger partial charge in [0.1, 0.15) is 13.2 Å². The van der Waals surface area contributed by atoms with E-state index in [1.54, 1.807) is 17.4 Å². The summed E-state index contributed by atoms with van der Waals surface area (Å²) in [5.74, 6) is 1.31.